The molecule has 4 aromatic carbocycles. The van der Waals surface area contributed by atoms with Crippen LogP contribution in [0.4, 0.5) is 18.9 Å². The number of aliphatic hydroxyl groups excluding tert-OH is 1. The molecule has 186 valence electrons. The minimum Gasteiger partial charge on any atom is -0.507 e. The van der Waals surface area contributed by atoms with Crippen molar-refractivity contribution in [3.63, 3.8) is 0 Å². The van der Waals surface area contributed by atoms with Crippen molar-refractivity contribution in [2.75, 3.05) is 12.0 Å². The number of ketones is 1. The molecule has 1 unspecified atom stereocenters. The van der Waals surface area contributed by atoms with Crippen LogP contribution in [0.1, 0.15) is 22.7 Å². The van der Waals surface area contributed by atoms with Gasteiger partial charge in [0, 0.05) is 11.3 Å². The van der Waals surface area contributed by atoms with Gasteiger partial charge in [-0.15, -0.1) is 0 Å². The number of hydrogen-bond donors (Lipinski definition) is 1. The Kier molecular flexibility index (Phi) is 5.95. The maximum absolute atomic E-state index is 13.5. The van der Waals surface area contributed by atoms with Gasteiger partial charge in [0.2, 0.25) is 0 Å². The first-order valence-corrected chi connectivity index (χ1v) is 11.3. The van der Waals surface area contributed by atoms with Crippen molar-refractivity contribution < 1.29 is 32.6 Å². The van der Waals surface area contributed by atoms with E-state index in [0.717, 1.165) is 27.8 Å². The third-order valence-corrected chi connectivity index (χ3v) is 6.33. The van der Waals surface area contributed by atoms with E-state index in [2.05, 4.69) is 0 Å². The number of methoxy groups -OCH3 is 1. The molecular weight excluding hydrogens is 483 g/mol. The largest absolute Gasteiger partial charge is 0.507 e. The first-order chi connectivity index (χ1) is 17.7. The van der Waals surface area contributed by atoms with Crippen LogP contribution in [0.15, 0.2) is 96.6 Å². The van der Waals surface area contributed by atoms with Gasteiger partial charge < -0.3 is 9.84 Å². The van der Waals surface area contributed by atoms with Crippen LogP contribution in [0.5, 0.6) is 5.75 Å². The van der Waals surface area contributed by atoms with E-state index >= 15 is 0 Å². The molecule has 1 aliphatic rings. The molecule has 1 amide bonds. The highest BCUT2D eigenvalue weighted by molar-refractivity contribution is 6.51. The molecule has 8 heteroatoms. The summed E-state index contributed by atoms with van der Waals surface area (Å²) in [6.45, 7) is 0. The number of fused-ring (bicyclic) bond motifs is 1. The smallest absolute Gasteiger partial charge is 0.416 e. The van der Waals surface area contributed by atoms with Gasteiger partial charge in [-0.1, -0.05) is 54.6 Å². The van der Waals surface area contributed by atoms with E-state index in [0.29, 0.717) is 16.9 Å². The highest BCUT2D eigenvalue weighted by atomic mass is 19.4. The maximum atomic E-state index is 13.5. The summed E-state index contributed by atoms with van der Waals surface area (Å²) in [7, 11) is 1.44. The van der Waals surface area contributed by atoms with E-state index in [4.69, 9.17) is 4.74 Å². The van der Waals surface area contributed by atoms with Crippen LogP contribution in [0.2, 0.25) is 0 Å². The Morgan fingerprint density at radius 2 is 1.59 bits per heavy atom. The summed E-state index contributed by atoms with van der Waals surface area (Å²) in [5, 5.41) is 13.1. The molecule has 1 aliphatic heterocycles. The van der Waals surface area contributed by atoms with E-state index < -0.39 is 35.2 Å². The number of hydrogen-bond acceptors (Lipinski definition) is 4. The summed E-state index contributed by atoms with van der Waals surface area (Å²) in [6.07, 6.45) is -4.65. The third-order valence-electron chi connectivity index (χ3n) is 6.33. The lowest BCUT2D eigenvalue weighted by Gasteiger charge is -2.26. The van der Waals surface area contributed by atoms with Gasteiger partial charge in [0.15, 0.2) is 0 Å². The molecule has 0 spiro atoms. The predicted molar refractivity (Wildman–Crippen MR) is 133 cm³/mol. The van der Waals surface area contributed by atoms with Crippen molar-refractivity contribution in [3.8, 4) is 5.75 Å². The quantitative estimate of drug-likeness (QED) is 0.196. The summed E-state index contributed by atoms with van der Waals surface area (Å²) in [6, 6.07) is 22.0. The number of nitrogens with zero attached hydrogens (tertiary/aromatic N) is 1. The molecule has 0 aromatic heterocycles. The number of benzene rings is 4. The van der Waals surface area contributed by atoms with Gasteiger partial charge in [-0.3, -0.25) is 14.5 Å². The lowest BCUT2D eigenvalue weighted by atomic mass is 9.94. The van der Waals surface area contributed by atoms with E-state index in [1.165, 1.54) is 19.2 Å². The monoisotopic (exact) mass is 503 g/mol. The second-order valence-corrected chi connectivity index (χ2v) is 8.56. The standard InChI is InChI=1S/C29H20F3NO4/c1-37-23-11-4-8-19(15-23)25-24(26(34)20-13-12-17-6-2-3-7-18(17)14-20)27(35)28(36)33(25)22-10-5-9-21(16-22)29(30,31)32/h2-16,25,34H,1H3/b26-24-. The number of carbonyl (C=O) groups excluding carboxylic acids is 2. The molecule has 0 saturated carbocycles. The fraction of sp³-hybridized carbons (Fsp3) is 0.103. The second-order valence-electron chi connectivity index (χ2n) is 8.56. The van der Waals surface area contributed by atoms with Crippen LogP contribution in [0.3, 0.4) is 0 Å². The molecule has 0 aliphatic carbocycles. The summed E-state index contributed by atoms with van der Waals surface area (Å²) < 4.78 is 45.7. The number of carbonyl (C=O) groups is 2. The van der Waals surface area contributed by atoms with E-state index in [1.807, 2.05) is 24.3 Å². The first-order valence-electron chi connectivity index (χ1n) is 11.3. The minimum atomic E-state index is -4.65. The molecule has 4 aromatic rings. The number of Topliss-reactive ketones (excluding diaryl/α,β-unsaturated/α-hetero) is 1. The number of amides is 1. The zero-order valence-corrected chi connectivity index (χ0v) is 19.5. The summed E-state index contributed by atoms with van der Waals surface area (Å²) >= 11 is 0. The number of rotatable bonds is 4. The molecule has 0 bridgehead atoms. The Morgan fingerprint density at radius 1 is 0.865 bits per heavy atom. The molecular formula is C29H20F3NO4. The fourth-order valence-electron chi connectivity index (χ4n) is 4.55. The lowest BCUT2D eigenvalue weighted by molar-refractivity contribution is -0.137. The summed E-state index contributed by atoms with van der Waals surface area (Å²) in [5.41, 5.74) is -0.633. The molecule has 1 atom stereocenters. The van der Waals surface area contributed by atoms with Gasteiger partial charge in [0.05, 0.1) is 24.3 Å². The van der Waals surface area contributed by atoms with Crippen molar-refractivity contribution in [2.45, 2.75) is 12.2 Å². The molecule has 5 rings (SSSR count). The number of anilines is 1. The van der Waals surface area contributed by atoms with Gasteiger partial charge in [-0.05, 0) is 52.7 Å². The van der Waals surface area contributed by atoms with E-state index in [1.54, 1.807) is 42.5 Å². The SMILES string of the molecule is COc1cccc(C2/C(=C(/O)c3ccc4ccccc4c3)C(=O)C(=O)N2c2cccc(C(F)(F)F)c2)c1. The zero-order chi connectivity index (χ0) is 26.3. The van der Waals surface area contributed by atoms with Crippen LogP contribution in [0.25, 0.3) is 16.5 Å². The Morgan fingerprint density at radius 3 is 2.32 bits per heavy atom. The Hall–Kier alpha value is -4.59. The van der Waals surface area contributed by atoms with Crippen molar-refractivity contribution in [3.05, 3.63) is 113 Å². The van der Waals surface area contributed by atoms with Crippen LogP contribution < -0.4 is 9.64 Å². The average Bonchev–Trinajstić information content (AvgIpc) is 3.17. The zero-order valence-electron chi connectivity index (χ0n) is 19.5. The highest BCUT2D eigenvalue weighted by Crippen LogP contribution is 2.44. The van der Waals surface area contributed by atoms with Crippen LogP contribution in [-0.2, 0) is 15.8 Å². The lowest BCUT2D eigenvalue weighted by Crippen LogP contribution is -2.29. The molecule has 0 radical (unpaired) electrons. The van der Waals surface area contributed by atoms with Gasteiger partial charge in [0.1, 0.15) is 11.5 Å². The molecule has 1 heterocycles. The van der Waals surface area contributed by atoms with Gasteiger partial charge in [-0.2, -0.15) is 13.2 Å². The Labute approximate surface area is 210 Å². The predicted octanol–water partition coefficient (Wildman–Crippen LogP) is 6.49. The fourth-order valence-corrected chi connectivity index (χ4v) is 4.55. The second kappa shape index (κ2) is 9.13. The van der Waals surface area contributed by atoms with Crippen molar-refractivity contribution in [1.29, 1.82) is 0 Å². The normalized spacial score (nSPS) is 17.4. The molecule has 1 fully saturated rings. The topological polar surface area (TPSA) is 66.8 Å². The van der Waals surface area contributed by atoms with Gasteiger partial charge in [0.25, 0.3) is 11.7 Å². The highest BCUT2D eigenvalue weighted by Gasteiger charge is 2.47. The third kappa shape index (κ3) is 4.31. The Balaban J connectivity index is 1.74. The molecule has 1 N–H and O–H groups in total. The molecule has 5 nitrogen and oxygen atoms in total. The average molecular weight is 503 g/mol. The van der Waals surface area contributed by atoms with Gasteiger partial charge in [-0.25, -0.2) is 0 Å². The molecule has 1 saturated heterocycles. The number of alkyl halides is 3. The maximum Gasteiger partial charge on any atom is 0.416 e. The molecule has 37 heavy (non-hydrogen) atoms. The summed E-state index contributed by atoms with van der Waals surface area (Å²) in [4.78, 5) is 27.6. The minimum absolute atomic E-state index is 0.123. The first kappa shape index (κ1) is 24.1. The Bertz CT molecular complexity index is 1570. The number of halogens is 3. The van der Waals surface area contributed by atoms with Crippen LogP contribution >= 0.6 is 0 Å². The number of aliphatic hydroxyl groups is 1. The van der Waals surface area contributed by atoms with Gasteiger partial charge >= 0.3 is 6.18 Å². The summed E-state index contributed by atoms with van der Waals surface area (Å²) in [5.74, 6) is -2.06. The van der Waals surface area contributed by atoms with E-state index in [-0.39, 0.29) is 11.3 Å². The van der Waals surface area contributed by atoms with Crippen molar-refractivity contribution in [2.24, 2.45) is 0 Å². The van der Waals surface area contributed by atoms with Crippen LogP contribution in [-0.4, -0.2) is 23.9 Å². The van der Waals surface area contributed by atoms with Crippen molar-refractivity contribution >= 4 is 33.9 Å². The van der Waals surface area contributed by atoms with Crippen molar-refractivity contribution in [1.82, 2.24) is 0 Å². The van der Waals surface area contributed by atoms with Crippen LogP contribution in [0, 0.1) is 0 Å². The van der Waals surface area contributed by atoms with E-state index in [9.17, 15) is 27.9 Å². The number of ether oxygens (including phenoxy) is 1.